The molecule has 0 saturated heterocycles. The lowest BCUT2D eigenvalue weighted by Crippen LogP contribution is -2.37. The van der Waals surface area contributed by atoms with Gasteiger partial charge in [0.15, 0.2) is 0 Å². The second-order valence-electron chi connectivity index (χ2n) is 16.7. The largest absolute Gasteiger partial charge is 0.756 e. The van der Waals surface area contributed by atoms with E-state index in [1.54, 1.807) is 0 Å². The number of hydrogen-bond acceptors (Lipinski definition) is 7. The van der Waals surface area contributed by atoms with Gasteiger partial charge in [-0.3, -0.25) is 9.36 Å². The van der Waals surface area contributed by atoms with E-state index in [0.717, 1.165) is 70.6 Å². The molecule has 0 radical (unpaired) electrons. The molecule has 2 atom stereocenters. The average Bonchev–Trinajstić information content (AvgIpc) is 3.16. The van der Waals surface area contributed by atoms with Crippen molar-refractivity contribution >= 4 is 13.8 Å². The zero-order valence-electron chi connectivity index (χ0n) is 37.8. The lowest BCUT2D eigenvalue weighted by Gasteiger charge is -2.28. The minimum absolute atomic E-state index is 0.0211. The van der Waals surface area contributed by atoms with Crippen molar-refractivity contribution in [1.82, 2.24) is 0 Å². The Bertz CT molecular complexity index is 1050. The normalized spacial score (nSPS) is 14.1. The van der Waals surface area contributed by atoms with Gasteiger partial charge in [0.05, 0.1) is 34.4 Å². The number of carbonyl (C=O) groups is 1. The molecule has 0 aromatic heterocycles. The van der Waals surface area contributed by atoms with Crippen molar-refractivity contribution in [2.75, 3.05) is 54.1 Å². The van der Waals surface area contributed by atoms with Crippen LogP contribution in [0.1, 0.15) is 194 Å². The van der Waals surface area contributed by atoms with E-state index in [2.05, 4.69) is 62.5 Å². The zero-order valence-corrected chi connectivity index (χ0v) is 38.7. The second-order valence-corrected chi connectivity index (χ2v) is 18.1. The predicted molar refractivity (Wildman–Crippen MR) is 240 cm³/mol. The monoisotopic (exact) mass is 824 g/mol. The number of ether oxygens (including phenoxy) is 2. The Hall–Kier alpha value is -1.54. The number of phosphoric acid groups is 1. The molecule has 8 nitrogen and oxygen atoms in total. The summed E-state index contributed by atoms with van der Waals surface area (Å²) in [6.45, 7) is 5.28. The summed E-state index contributed by atoms with van der Waals surface area (Å²) < 4.78 is 34.6. The highest BCUT2D eigenvalue weighted by molar-refractivity contribution is 7.45. The van der Waals surface area contributed by atoms with E-state index in [1.165, 1.54) is 103 Å². The molecular weight excluding hydrogens is 734 g/mol. The molecule has 0 aliphatic heterocycles. The van der Waals surface area contributed by atoms with Crippen LogP contribution < -0.4 is 4.89 Å². The van der Waals surface area contributed by atoms with Gasteiger partial charge in [-0.05, 0) is 70.6 Å². The Morgan fingerprint density at radius 3 is 1.54 bits per heavy atom. The molecule has 0 saturated carbocycles. The molecule has 0 bridgehead atoms. The van der Waals surface area contributed by atoms with Gasteiger partial charge < -0.3 is 27.9 Å². The Balaban J connectivity index is 4.19. The van der Waals surface area contributed by atoms with Crippen LogP contribution >= 0.6 is 7.82 Å². The van der Waals surface area contributed by atoms with E-state index in [0.29, 0.717) is 24.1 Å². The van der Waals surface area contributed by atoms with Gasteiger partial charge in [-0.1, -0.05) is 165 Å². The first kappa shape index (κ1) is 55.5. The molecule has 0 aliphatic rings. The van der Waals surface area contributed by atoms with Crippen molar-refractivity contribution in [2.45, 2.75) is 200 Å². The maximum absolute atomic E-state index is 12.7. The molecule has 2 unspecified atom stereocenters. The maximum Gasteiger partial charge on any atom is 0.306 e. The molecule has 57 heavy (non-hydrogen) atoms. The quantitative estimate of drug-likeness (QED) is 0.0199. The number of likely N-dealkylation sites (N-methyl/N-ethyl adjacent to an activating group) is 1. The fourth-order valence-electron chi connectivity index (χ4n) is 6.26. The molecular formula is C48H90NO7P. The standard InChI is InChI=1S/C48H90NO7P/c1-6-8-10-12-14-16-18-20-22-23-24-25-26-28-30-32-34-36-38-40-43-53-45-47(46-55-57(51,52)54-44-42-49(3,4)5)56-48(50)41-39-37-35-33-31-29-27-21-19-17-15-13-11-9-7-2/h9,11,15,17,20-22,27,47H,6-8,10,12-14,16,18-19,23-26,28-46H2,1-5H3/b11-9-,17-15-,22-20-,27-21-. The van der Waals surface area contributed by atoms with E-state index in [-0.39, 0.29) is 25.8 Å². The molecule has 0 rings (SSSR count). The first-order valence-electron chi connectivity index (χ1n) is 23.4. The summed E-state index contributed by atoms with van der Waals surface area (Å²) in [6, 6.07) is 0. The van der Waals surface area contributed by atoms with Gasteiger partial charge in [0, 0.05) is 13.0 Å². The molecule has 0 aromatic rings. The van der Waals surface area contributed by atoms with E-state index < -0.39 is 13.9 Å². The van der Waals surface area contributed by atoms with Crippen LogP contribution in [0.5, 0.6) is 0 Å². The molecule has 9 heteroatoms. The maximum atomic E-state index is 12.7. The van der Waals surface area contributed by atoms with Crippen molar-refractivity contribution in [3.63, 3.8) is 0 Å². The Morgan fingerprint density at radius 2 is 1.02 bits per heavy atom. The lowest BCUT2D eigenvalue weighted by atomic mass is 10.1. The summed E-state index contributed by atoms with van der Waals surface area (Å²) in [5.41, 5.74) is 0. The third-order valence-electron chi connectivity index (χ3n) is 9.86. The van der Waals surface area contributed by atoms with Gasteiger partial charge in [-0.15, -0.1) is 0 Å². The average molecular weight is 824 g/mol. The second kappa shape index (κ2) is 41.2. The zero-order chi connectivity index (χ0) is 42.0. The number of phosphoric ester groups is 1. The highest BCUT2D eigenvalue weighted by Gasteiger charge is 2.20. The fraction of sp³-hybridized carbons (Fsp3) is 0.812. The molecule has 0 N–H and O–H groups in total. The van der Waals surface area contributed by atoms with Crippen molar-refractivity contribution in [3.8, 4) is 0 Å². The van der Waals surface area contributed by atoms with Gasteiger partial charge in [-0.25, -0.2) is 0 Å². The number of nitrogens with zero attached hydrogens (tertiary/aromatic N) is 1. The first-order valence-corrected chi connectivity index (χ1v) is 24.8. The van der Waals surface area contributed by atoms with Crippen LogP contribution in [0, 0.1) is 0 Å². The minimum Gasteiger partial charge on any atom is -0.756 e. The lowest BCUT2D eigenvalue weighted by molar-refractivity contribution is -0.870. The van der Waals surface area contributed by atoms with Crippen LogP contribution in [0.25, 0.3) is 0 Å². The van der Waals surface area contributed by atoms with Gasteiger partial charge in [0.2, 0.25) is 0 Å². The fourth-order valence-corrected chi connectivity index (χ4v) is 6.99. The first-order chi connectivity index (χ1) is 27.6. The number of quaternary nitrogens is 1. The highest BCUT2D eigenvalue weighted by Crippen LogP contribution is 2.38. The van der Waals surface area contributed by atoms with Crippen LogP contribution in [0.4, 0.5) is 0 Å². The molecule has 0 aliphatic carbocycles. The number of carbonyl (C=O) groups excluding carboxylic acids is 1. The Kier molecular flexibility index (Phi) is 40.1. The molecule has 0 spiro atoms. The molecule has 334 valence electrons. The summed E-state index contributed by atoms with van der Waals surface area (Å²) in [5.74, 6) is -0.351. The summed E-state index contributed by atoms with van der Waals surface area (Å²) >= 11 is 0. The summed E-state index contributed by atoms with van der Waals surface area (Å²) in [7, 11) is 1.34. The molecule has 0 heterocycles. The van der Waals surface area contributed by atoms with Gasteiger partial charge in [0.1, 0.15) is 19.3 Å². The highest BCUT2D eigenvalue weighted by atomic mass is 31.2. The number of rotatable bonds is 43. The molecule has 0 fully saturated rings. The number of esters is 1. The van der Waals surface area contributed by atoms with E-state index in [1.807, 2.05) is 21.1 Å². The topological polar surface area (TPSA) is 94.1 Å². The Morgan fingerprint density at radius 1 is 0.561 bits per heavy atom. The minimum atomic E-state index is -4.53. The summed E-state index contributed by atoms with van der Waals surface area (Å²) in [4.78, 5) is 25.1. The Labute approximate surface area is 352 Å². The number of allylic oxidation sites excluding steroid dienone is 8. The van der Waals surface area contributed by atoms with Gasteiger partial charge >= 0.3 is 5.97 Å². The van der Waals surface area contributed by atoms with E-state index >= 15 is 0 Å². The molecule has 0 aromatic carbocycles. The van der Waals surface area contributed by atoms with Crippen LogP contribution in [0.3, 0.4) is 0 Å². The number of unbranched alkanes of at least 4 members (excludes halogenated alkanes) is 21. The van der Waals surface area contributed by atoms with Crippen LogP contribution in [-0.2, 0) is 27.9 Å². The van der Waals surface area contributed by atoms with Crippen molar-refractivity contribution in [1.29, 1.82) is 0 Å². The van der Waals surface area contributed by atoms with Crippen LogP contribution in [-0.4, -0.2) is 70.7 Å². The number of hydrogen-bond donors (Lipinski definition) is 0. The van der Waals surface area contributed by atoms with Gasteiger partial charge in [0.25, 0.3) is 7.82 Å². The van der Waals surface area contributed by atoms with Crippen molar-refractivity contribution in [3.05, 3.63) is 48.6 Å². The van der Waals surface area contributed by atoms with Crippen molar-refractivity contribution in [2.24, 2.45) is 0 Å². The summed E-state index contributed by atoms with van der Waals surface area (Å²) in [5, 5.41) is 0. The predicted octanol–water partition coefficient (Wildman–Crippen LogP) is 13.3. The van der Waals surface area contributed by atoms with E-state index in [9.17, 15) is 14.3 Å². The summed E-state index contributed by atoms with van der Waals surface area (Å²) in [6.07, 6.45) is 49.8. The van der Waals surface area contributed by atoms with E-state index in [4.69, 9.17) is 18.5 Å². The molecule has 0 amide bonds. The smallest absolute Gasteiger partial charge is 0.306 e. The third-order valence-corrected chi connectivity index (χ3v) is 10.8. The van der Waals surface area contributed by atoms with Crippen LogP contribution in [0.15, 0.2) is 48.6 Å². The van der Waals surface area contributed by atoms with Crippen LogP contribution in [0.2, 0.25) is 0 Å². The van der Waals surface area contributed by atoms with Gasteiger partial charge in [-0.2, -0.15) is 0 Å². The third kappa shape index (κ3) is 45.4. The SMILES string of the molecule is CC/C=C\C/C=C\C/C=C\CCCCCCCC(=O)OC(COCCCCCCCCCCCC/C=C\CCCCCCCC)COP(=O)([O-])OCC[N+](C)(C)C. The van der Waals surface area contributed by atoms with Crippen molar-refractivity contribution < 1.29 is 37.3 Å².